The van der Waals surface area contributed by atoms with Crippen LogP contribution < -0.4 is 15.6 Å². The van der Waals surface area contributed by atoms with Crippen molar-refractivity contribution in [1.29, 1.82) is 0 Å². The minimum Gasteiger partial charge on any atom is -0.507 e. The van der Waals surface area contributed by atoms with Gasteiger partial charge in [-0.05, 0) is 68.0 Å². The molecule has 0 fully saturated rings. The highest BCUT2D eigenvalue weighted by Gasteiger charge is 2.16. The standard InChI is InChI=1S/C27H26BrClN4O3/c1-3-33(4-2)21-12-9-18(10-13-21)15-24(31-26(35)22-7-5-6-8-23(22)29)27(36)32-30-17-19-16-20(28)11-14-25(19)34/h5-17,34H,3-4H2,1-2H3,(H,31,35)(H,32,36)/b24-15+,30-17?. The lowest BCUT2D eigenvalue weighted by Gasteiger charge is -2.21. The Morgan fingerprint density at radius 3 is 2.42 bits per heavy atom. The molecule has 0 saturated heterocycles. The minimum absolute atomic E-state index is 0.00674. The van der Waals surface area contributed by atoms with Gasteiger partial charge in [-0.1, -0.05) is 51.8 Å². The molecule has 0 aliphatic carbocycles. The molecule has 2 amide bonds. The Labute approximate surface area is 223 Å². The first-order valence-electron chi connectivity index (χ1n) is 11.3. The SMILES string of the molecule is CCN(CC)c1ccc(/C=C(/NC(=O)c2ccccc2Cl)C(=O)NN=Cc2cc(Br)ccc2O)cc1. The van der Waals surface area contributed by atoms with Crippen molar-refractivity contribution in [3.8, 4) is 5.75 Å². The number of rotatable bonds is 9. The van der Waals surface area contributed by atoms with Gasteiger partial charge in [-0.15, -0.1) is 0 Å². The lowest BCUT2D eigenvalue weighted by Crippen LogP contribution is -2.33. The number of halogens is 2. The number of phenolic OH excluding ortho intramolecular Hbond substituents is 1. The molecule has 0 aromatic heterocycles. The monoisotopic (exact) mass is 568 g/mol. The van der Waals surface area contributed by atoms with Crippen LogP contribution in [0.3, 0.4) is 0 Å². The van der Waals surface area contributed by atoms with Gasteiger partial charge < -0.3 is 15.3 Å². The molecule has 3 N–H and O–H groups in total. The van der Waals surface area contributed by atoms with Gasteiger partial charge in [0, 0.05) is 28.8 Å². The van der Waals surface area contributed by atoms with Crippen LogP contribution in [-0.4, -0.2) is 36.2 Å². The zero-order chi connectivity index (χ0) is 26.1. The molecule has 0 atom stereocenters. The van der Waals surface area contributed by atoms with Crippen LogP contribution in [0.15, 0.2) is 82.0 Å². The Bertz CT molecular complexity index is 1290. The lowest BCUT2D eigenvalue weighted by molar-refractivity contribution is -0.117. The fraction of sp³-hybridized carbons (Fsp3) is 0.148. The predicted molar refractivity (Wildman–Crippen MR) is 148 cm³/mol. The summed E-state index contributed by atoms with van der Waals surface area (Å²) in [5.74, 6) is -1.17. The first-order valence-corrected chi connectivity index (χ1v) is 12.4. The van der Waals surface area contributed by atoms with Crippen molar-refractivity contribution >= 4 is 57.3 Å². The summed E-state index contributed by atoms with van der Waals surface area (Å²) >= 11 is 9.48. The molecule has 0 spiro atoms. The third-order valence-electron chi connectivity index (χ3n) is 5.30. The van der Waals surface area contributed by atoms with Gasteiger partial charge in [0.25, 0.3) is 11.8 Å². The van der Waals surface area contributed by atoms with Crippen molar-refractivity contribution in [2.75, 3.05) is 18.0 Å². The molecule has 3 aromatic rings. The lowest BCUT2D eigenvalue weighted by atomic mass is 10.1. The molecule has 186 valence electrons. The number of phenols is 1. The maximum Gasteiger partial charge on any atom is 0.287 e. The molecule has 0 heterocycles. The molecule has 0 aliphatic heterocycles. The van der Waals surface area contributed by atoms with Gasteiger partial charge in [0.2, 0.25) is 0 Å². The van der Waals surface area contributed by atoms with Crippen LogP contribution in [0.4, 0.5) is 5.69 Å². The number of hydrogen-bond donors (Lipinski definition) is 3. The summed E-state index contributed by atoms with van der Waals surface area (Å²) in [6, 6.07) is 19.1. The van der Waals surface area contributed by atoms with Gasteiger partial charge in [0.1, 0.15) is 11.4 Å². The predicted octanol–water partition coefficient (Wildman–Crippen LogP) is 5.58. The second-order valence-corrected chi connectivity index (χ2v) is 8.98. The van der Waals surface area contributed by atoms with E-state index in [2.05, 4.69) is 50.5 Å². The molecule has 36 heavy (non-hydrogen) atoms. The molecule has 7 nitrogen and oxygen atoms in total. The van der Waals surface area contributed by atoms with Gasteiger partial charge in [0.05, 0.1) is 16.8 Å². The van der Waals surface area contributed by atoms with Gasteiger partial charge >= 0.3 is 0 Å². The summed E-state index contributed by atoms with van der Waals surface area (Å²) in [4.78, 5) is 28.1. The minimum atomic E-state index is -0.644. The normalized spacial score (nSPS) is 11.4. The van der Waals surface area contributed by atoms with Crippen LogP contribution in [-0.2, 0) is 4.79 Å². The molecule has 0 bridgehead atoms. The topological polar surface area (TPSA) is 94.0 Å². The fourth-order valence-corrected chi connectivity index (χ4v) is 3.98. The highest BCUT2D eigenvalue weighted by molar-refractivity contribution is 9.10. The van der Waals surface area contributed by atoms with E-state index in [1.54, 1.807) is 42.5 Å². The number of amides is 2. The summed E-state index contributed by atoms with van der Waals surface area (Å²) < 4.78 is 0.744. The van der Waals surface area contributed by atoms with E-state index < -0.39 is 11.8 Å². The number of hydrazone groups is 1. The van der Waals surface area contributed by atoms with E-state index in [4.69, 9.17) is 11.6 Å². The van der Waals surface area contributed by atoms with Crippen molar-refractivity contribution in [2.45, 2.75) is 13.8 Å². The van der Waals surface area contributed by atoms with Crippen molar-refractivity contribution in [3.05, 3.63) is 98.6 Å². The Morgan fingerprint density at radius 1 is 1.06 bits per heavy atom. The molecule has 0 aliphatic rings. The van der Waals surface area contributed by atoms with Gasteiger partial charge in [-0.3, -0.25) is 9.59 Å². The van der Waals surface area contributed by atoms with E-state index in [0.29, 0.717) is 11.1 Å². The van der Waals surface area contributed by atoms with Crippen LogP contribution in [0.25, 0.3) is 6.08 Å². The molecule has 0 unspecified atom stereocenters. The van der Waals surface area contributed by atoms with E-state index in [1.165, 1.54) is 12.3 Å². The third kappa shape index (κ3) is 7.19. The van der Waals surface area contributed by atoms with Crippen molar-refractivity contribution in [3.63, 3.8) is 0 Å². The van der Waals surface area contributed by atoms with Gasteiger partial charge in [0.15, 0.2) is 0 Å². The second-order valence-electron chi connectivity index (χ2n) is 7.66. The van der Waals surface area contributed by atoms with Crippen LogP contribution in [0.2, 0.25) is 5.02 Å². The second kappa shape index (κ2) is 12.9. The molecule has 9 heteroatoms. The quantitative estimate of drug-likeness (QED) is 0.178. The van der Waals surface area contributed by atoms with E-state index in [0.717, 1.165) is 23.2 Å². The highest BCUT2D eigenvalue weighted by Crippen LogP contribution is 2.20. The Hall–Kier alpha value is -3.62. The molecule has 3 aromatic carbocycles. The Morgan fingerprint density at radius 2 is 1.75 bits per heavy atom. The van der Waals surface area contributed by atoms with Crippen molar-refractivity contribution in [1.82, 2.24) is 10.7 Å². The highest BCUT2D eigenvalue weighted by atomic mass is 79.9. The van der Waals surface area contributed by atoms with Crippen LogP contribution in [0, 0.1) is 0 Å². The number of anilines is 1. The average Bonchev–Trinajstić information content (AvgIpc) is 2.87. The maximum absolute atomic E-state index is 13.0. The van der Waals surface area contributed by atoms with Crippen molar-refractivity contribution < 1.29 is 14.7 Å². The largest absolute Gasteiger partial charge is 0.507 e. The van der Waals surface area contributed by atoms with Gasteiger partial charge in [-0.25, -0.2) is 5.43 Å². The number of carbonyl (C=O) groups excluding carboxylic acids is 2. The Balaban J connectivity index is 1.87. The summed E-state index contributed by atoms with van der Waals surface area (Å²) in [5, 5.41) is 16.8. The van der Waals surface area contributed by atoms with Crippen molar-refractivity contribution in [2.24, 2.45) is 5.10 Å². The number of carbonyl (C=O) groups is 2. The molecule has 0 radical (unpaired) electrons. The number of aromatic hydroxyl groups is 1. The maximum atomic E-state index is 13.0. The molecular formula is C27H26BrClN4O3. The summed E-state index contributed by atoms with van der Waals surface area (Å²) in [5.41, 5.74) is 4.78. The zero-order valence-corrected chi connectivity index (χ0v) is 22.2. The smallest absolute Gasteiger partial charge is 0.287 e. The summed E-state index contributed by atoms with van der Waals surface area (Å²) in [6.07, 6.45) is 2.87. The summed E-state index contributed by atoms with van der Waals surface area (Å²) in [6.45, 7) is 5.91. The Kier molecular flexibility index (Phi) is 9.67. The van der Waals surface area contributed by atoms with E-state index in [9.17, 15) is 14.7 Å². The van der Waals surface area contributed by atoms with E-state index >= 15 is 0 Å². The average molecular weight is 570 g/mol. The van der Waals surface area contributed by atoms with Crippen LogP contribution >= 0.6 is 27.5 Å². The number of benzene rings is 3. The van der Waals surface area contributed by atoms with Crippen LogP contribution in [0.5, 0.6) is 5.75 Å². The zero-order valence-electron chi connectivity index (χ0n) is 19.8. The first-order chi connectivity index (χ1) is 17.3. The fourth-order valence-electron chi connectivity index (χ4n) is 3.38. The molecule has 0 saturated carbocycles. The molecular weight excluding hydrogens is 544 g/mol. The summed E-state index contributed by atoms with van der Waals surface area (Å²) in [7, 11) is 0. The van der Waals surface area contributed by atoms with E-state index in [1.807, 2.05) is 24.3 Å². The van der Waals surface area contributed by atoms with Crippen LogP contribution in [0.1, 0.15) is 35.3 Å². The number of nitrogens with zero attached hydrogens (tertiary/aromatic N) is 2. The number of nitrogens with one attached hydrogen (secondary N) is 2. The molecule has 3 rings (SSSR count). The van der Waals surface area contributed by atoms with Gasteiger partial charge in [-0.2, -0.15) is 5.10 Å². The van der Waals surface area contributed by atoms with E-state index in [-0.39, 0.29) is 22.0 Å². The first kappa shape index (κ1) is 27.0. The number of hydrogen-bond acceptors (Lipinski definition) is 5. The third-order valence-corrected chi connectivity index (χ3v) is 6.13.